The van der Waals surface area contributed by atoms with E-state index in [9.17, 15) is 0 Å². The Hall–Kier alpha value is -0.350. The SMILES string of the molecule is C=CC[N+]1(C)Cc2ccccc2C1.[I-]. The number of rotatable bonds is 2. The first-order chi connectivity index (χ1) is 6.23. The van der Waals surface area contributed by atoms with Crippen LogP contribution in [0, 0.1) is 0 Å². The van der Waals surface area contributed by atoms with Gasteiger partial charge in [-0.3, -0.25) is 0 Å². The van der Waals surface area contributed by atoms with Gasteiger partial charge >= 0.3 is 0 Å². The Balaban J connectivity index is 0.000000980. The highest BCUT2D eigenvalue weighted by Gasteiger charge is 2.29. The van der Waals surface area contributed by atoms with Gasteiger partial charge in [0.05, 0.1) is 13.6 Å². The van der Waals surface area contributed by atoms with E-state index in [4.69, 9.17) is 0 Å². The summed E-state index contributed by atoms with van der Waals surface area (Å²) in [4.78, 5) is 0. The lowest BCUT2D eigenvalue weighted by Crippen LogP contribution is -3.00. The van der Waals surface area contributed by atoms with E-state index in [1.807, 2.05) is 6.08 Å². The average Bonchev–Trinajstić information content (AvgIpc) is 2.40. The van der Waals surface area contributed by atoms with Crippen molar-refractivity contribution in [1.82, 2.24) is 0 Å². The number of nitrogens with zero attached hydrogens (tertiary/aromatic N) is 1. The lowest BCUT2D eigenvalue weighted by atomic mass is 10.1. The molecule has 0 saturated heterocycles. The van der Waals surface area contributed by atoms with Gasteiger partial charge in [-0.15, -0.1) is 0 Å². The van der Waals surface area contributed by atoms with Crippen LogP contribution >= 0.6 is 0 Å². The van der Waals surface area contributed by atoms with E-state index in [0.29, 0.717) is 0 Å². The predicted octanol–water partition coefficient (Wildman–Crippen LogP) is -0.663. The van der Waals surface area contributed by atoms with Gasteiger partial charge < -0.3 is 28.5 Å². The second-order valence-electron chi connectivity index (χ2n) is 4.18. The third-order valence-corrected chi connectivity index (χ3v) is 2.79. The lowest BCUT2D eigenvalue weighted by molar-refractivity contribution is -0.923. The number of quaternary nitrogens is 1. The Kier molecular flexibility index (Phi) is 3.72. The molecule has 0 amide bonds. The van der Waals surface area contributed by atoms with Crippen LogP contribution in [0.1, 0.15) is 11.1 Å². The first-order valence-electron chi connectivity index (χ1n) is 4.75. The minimum atomic E-state index is 0. The van der Waals surface area contributed by atoms with Crippen LogP contribution in [-0.4, -0.2) is 18.1 Å². The van der Waals surface area contributed by atoms with Crippen LogP contribution in [0.15, 0.2) is 36.9 Å². The van der Waals surface area contributed by atoms with E-state index < -0.39 is 0 Å². The Labute approximate surface area is 103 Å². The van der Waals surface area contributed by atoms with Gasteiger partial charge in [-0.2, -0.15) is 0 Å². The number of fused-ring (bicyclic) bond motifs is 1. The molecular formula is C12H16IN. The summed E-state index contributed by atoms with van der Waals surface area (Å²) in [6.07, 6.45) is 2.02. The quantitative estimate of drug-likeness (QED) is 0.386. The predicted molar refractivity (Wildman–Crippen MR) is 55.1 cm³/mol. The highest BCUT2D eigenvalue weighted by atomic mass is 127. The van der Waals surface area contributed by atoms with Crippen molar-refractivity contribution < 1.29 is 28.5 Å². The number of benzene rings is 1. The third kappa shape index (κ3) is 2.17. The van der Waals surface area contributed by atoms with Gasteiger partial charge in [0.1, 0.15) is 13.1 Å². The van der Waals surface area contributed by atoms with E-state index in [1.165, 1.54) is 11.1 Å². The van der Waals surface area contributed by atoms with Crippen molar-refractivity contribution in [3.63, 3.8) is 0 Å². The topological polar surface area (TPSA) is 0 Å². The molecule has 0 N–H and O–H groups in total. The highest BCUT2D eigenvalue weighted by Crippen LogP contribution is 2.27. The molecule has 0 radical (unpaired) electrons. The molecule has 0 atom stereocenters. The monoisotopic (exact) mass is 301 g/mol. The van der Waals surface area contributed by atoms with Crippen molar-refractivity contribution in [2.24, 2.45) is 0 Å². The van der Waals surface area contributed by atoms with Gasteiger partial charge in [-0.25, -0.2) is 0 Å². The van der Waals surface area contributed by atoms with Gasteiger partial charge in [-0.05, 0) is 6.08 Å². The van der Waals surface area contributed by atoms with Crippen LogP contribution in [0.5, 0.6) is 0 Å². The average molecular weight is 301 g/mol. The van der Waals surface area contributed by atoms with Crippen LogP contribution in [0.3, 0.4) is 0 Å². The van der Waals surface area contributed by atoms with Gasteiger partial charge in [0.15, 0.2) is 0 Å². The summed E-state index contributed by atoms with van der Waals surface area (Å²) in [7, 11) is 2.29. The maximum atomic E-state index is 3.82. The molecular weight excluding hydrogens is 285 g/mol. The fourth-order valence-electron chi connectivity index (χ4n) is 2.19. The van der Waals surface area contributed by atoms with E-state index in [0.717, 1.165) is 24.1 Å². The molecule has 1 aliphatic rings. The molecule has 0 saturated carbocycles. The van der Waals surface area contributed by atoms with E-state index in [2.05, 4.69) is 37.9 Å². The molecule has 2 rings (SSSR count). The maximum Gasteiger partial charge on any atom is 0.105 e. The van der Waals surface area contributed by atoms with Crippen molar-refractivity contribution in [2.45, 2.75) is 13.1 Å². The van der Waals surface area contributed by atoms with Crippen LogP contribution in [0.4, 0.5) is 0 Å². The third-order valence-electron chi connectivity index (χ3n) is 2.79. The molecule has 2 heteroatoms. The Bertz CT molecular complexity index is 308. The first kappa shape index (κ1) is 11.7. The summed E-state index contributed by atoms with van der Waals surface area (Å²) < 4.78 is 1.09. The zero-order valence-electron chi connectivity index (χ0n) is 8.54. The number of likely N-dealkylation sites (N-methyl/N-ethyl adjacent to an activating group) is 1. The summed E-state index contributed by atoms with van der Waals surface area (Å²) in [5, 5.41) is 0. The lowest BCUT2D eigenvalue weighted by Gasteiger charge is -2.27. The van der Waals surface area contributed by atoms with Crippen LogP contribution in [0.2, 0.25) is 0 Å². The molecule has 0 bridgehead atoms. The summed E-state index contributed by atoms with van der Waals surface area (Å²) in [5.41, 5.74) is 3.01. The molecule has 1 aromatic rings. The number of hydrogen-bond acceptors (Lipinski definition) is 0. The zero-order chi connectivity index (χ0) is 9.31. The van der Waals surface area contributed by atoms with Gasteiger partial charge in [-0.1, -0.05) is 30.8 Å². The second-order valence-corrected chi connectivity index (χ2v) is 4.18. The summed E-state index contributed by atoms with van der Waals surface area (Å²) in [6.45, 7) is 7.19. The summed E-state index contributed by atoms with van der Waals surface area (Å²) >= 11 is 0. The van der Waals surface area contributed by atoms with Crippen LogP contribution in [-0.2, 0) is 13.1 Å². The van der Waals surface area contributed by atoms with Crippen molar-refractivity contribution in [3.05, 3.63) is 48.0 Å². The van der Waals surface area contributed by atoms with E-state index in [-0.39, 0.29) is 24.0 Å². The van der Waals surface area contributed by atoms with E-state index in [1.54, 1.807) is 0 Å². The van der Waals surface area contributed by atoms with E-state index >= 15 is 0 Å². The van der Waals surface area contributed by atoms with Crippen LogP contribution < -0.4 is 24.0 Å². The maximum absolute atomic E-state index is 3.82. The minimum absolute atomic E-state index is 0. The number of hydrogen-bond donors (Lipinski definition) is 0. The number of halogens is 1. The van der Waals surface area contributed by atoms with Gasteiger partial charge in [0, 0.05) is 11.1 Å². The summed E-state index contributed by atoms with van der Waals surface area (Å²) in [5.74, 6) is 0. The second kappa shape index (κ2) is 4.45. The largest absolute Gasteiger partial charge is 1.00 e. The van der Waals surface area contributed by atoms with Crippen molar-refractivity contribution in [1.29, 1.82) is 0 Å². The van der Waals surface area contributed by atoms with Crippen molar-refractivity contribution >= 4 is 0 Å². The fourth-order valence-corrected chi connectivity index (χ4v) is 2.19. The Morgan fingerprint density at radius 2 is 1.79 bits per heavy atom. The van der Waals surface area contributed by atoms with Gasteiger partial charge in [0.25, 0.3) is 0 Å². The fraction of sp³-hybridized carbons (Fsp3) is 0.333. The normalized spacial score (nSPS) is 16.9. The molecule has 1 nitrogen and oxygen atoms in total. The molecule has 76 valence electrons. The first-order valence-corrected chi connectivity index (χ1v) is 4.75. The molecule has 14 heavy (non-hydrogen) atoms. The van der Waals surface area contributed by atoms with Gasteiger partial charge in [0.2, 0.25) is 0 Å². The molecule has 0 aliphatic carbocycles. The molecule has 0 fully saturated rings. The van der Waals surface area contributed by atoms with Crippen molar-refractivity contribution in [2.75, 3.05) is 13.6 Å². The molecule has 1 aliphatic heterocycles. The molecule has 1 heterocycles. The highest BCUT2D eigenvalue weighted by molar-refractivity contribution is 5.27. The minimum Gasteiger partial charge on any atom is -1.00 e. The van der Waals surface area contributed by atoms with Crippen molar-refractivity contribution in [3.8, 4) is 0 Å². The van der Waals surface area contributed by atoms with Crippen LogP contribution in [0.25, 0.3) is 0 Å². The Morgan fingerprint density at radius 1 is 1.29 bits per heavy atom. The zero-order valence-corrected chi connectivity index (χ0v) is 10.7. The Morgan fingerprint density at radius 3 is 2.21 bits per heavy atom. The molecule has 1 aromatic carbocycles. The molecule has 0 aromatic heterocycles. The molecule has 0 unspecified atom stereocenters. The summed E-state index contributed by atoms with van der Waals surface area (Å²) in [6, 6.07) is 8.73. The standard InChI is InChI=1S/C12H16N.HI/c1-3-8-13(2)9-11-6-4-5-7-12(11)10-13;/h3-7H,1,8-10H2,2H3;1H/q+1;/p-1. The smallest absolute Gasteiger partial charge is 0.105 e. The molecule has 0 spiro atoms.